The highest BCUT2D eigenvalue weighted by Gasteiger charge is 2.30. The number of pyridine rings is 1. The summed E-state index contributed by atoms with van der Waals surface area (Å²) in [7, 11) is 2.09. The summed E-state index contributed by atoms with van der Waals surface area (Å²) in [5, 5.41) is 0.566. The zero-order chi connectivity index (χ0) is 11.8. The average Bonchev–Trinajstić information content (AvgIpc) is 2.67. The second-order valence-corrected chi connectivity index (χ2v) is 5.04. The normalized spacial score (nSPS) is 20.8. The molecule has 0 spiro atoms. The summed E-state index contributed by atoms with van der Waals surface area (Å²) in [6.45, 7) is 2.64. The van der Waals surface area contributed by atoms with E-state index in [0.29, 0.717) is 11.2 Å². The molecule has 17 heavy (non-hydrogen) atoms. The monoisotopic (exact) mass is 253 g/mol. The van der Waals surface area contributed by atoms with Gasteiger partial charge in [-0.05, 0) is 12.8 Å². The molecule has 2 aliphatic rings. The minimum Gasteiger partial charge on any atom is -0.381 e. The zero-order valence-corrected chi connectivity index (χ0v) is 10.7. The number of halogens is 1. The minimum atomic E-state index is 0.561. The molecule has 0 bridgehead atoms. The van der Waals surface area contributed by atoms with Gasteiger partial charge in [-0.25, -0.2) is 4.98 Å². The lowest BCUT2D eigenvalue weighted by atomic mass is 10.1. The third-order valence-electron chi connectivity index (χ3n) is 3.55. The standard InChI is InChI=1S/C12H16ClN3O/c1-15-8-16(9-2-4-17-5-3-9)10-6-12(13)14-7-11(10)15/h6-7,9H,2-5,8H2,1H3. The van der Waals surface area contributed by atoms with E-state index in [-0.39, 0.29) is 0 Å². The number of aromatic nitrogens is 1. The molecule has 3 rings (SSSR count). The highest BCUT2D eigenvalue weighted by Crippen LogP contribution is 2.38. The lowest BCUT2D eigenvalue weighted by Crippen LogP contribution is -2.41. The first kappa shape index (κ1) is 11.1. The van der Waals surface area contributed by atoms with Gasteiger partial charge < -0.3 is 14.5 Å². The van der Waals surface area contributed by atoms with Crippen molar-refractivity contribution in [3.63, 3.8) is 0 Å². The molecule has 0 unspecified atom stereocenters. The summed E-state index contributed by atoms with van der Waals surface area (Å²) >= 11 is 5.99. The summed E-state index contributed by atoms with van der Waals surface area (Å²) < 4.78 is 5.42. The van der Waals surface area contributed by atoms with Gasteiger partial charge in [0.1, 0.15) is 5.15 Å². The SMILES string of the molecule is CN1CN(C2CCOCC2)c2cc(Cl)ncc21. The molecule has 3 heterocycles. The molecule has 92 valence electrons. The minimum absolute atomic E-state index is 0.561. The second kappa shape index (κ2) is 4.35. The van der Waals surface area contributed by atoms with Crippen LogP contribution in [0.15, 0.2) is 12.3 Å². The van der Waals surface area contributed by atoms with Crippen LogP contribution in [0.4, 0.5) is 11.4 Å². The lowest BCUT2D eigenvalue weighted by Gasteiger charge is -2.32. The Morgan fingerprint density at radius 3 is 2.88 bits per heavy atom. The van der Waals surface area contributed by atoms with Gasteiger partial charge in [-0.1, -0.05) is 11.6 Å². The van der Waals surface area contributed by atoms with Gasteiger partial charge in [-0.3, -0.25) is 0 Å². The smallest absolute Gasteiger partial charge is 0.131 e. The van der Waals surface area contributed by atoms with Crippen molar-refractivity contribution in [3.8, 4) is 0 Å². The number of ether oxygens (including phenoxy) is 1. The highest BCUT2D eigenvalue weighted by molar-refractivity contribution is 6.29. The Hall–Kier alpha value is -1.00. The van der Waals surface area contributed by atoms with Crippen LogP contribution < -0.4 is 9.80 Å². The van der Waals surface area contributed by atoms with Gasteiger partial charge >= 0.3 is 0 Å². The zero-order valence-electron chi connectivity index (χ0n) is 9.90. The Balaban J connectivity index is 1.91. The molecule has 0 N–H and O–H groups in total. The summed E-state index contributed by atoms with van der Waals surface area (Å²) in [5.74, 6) is 0. The van der Waals surface area contributed by atoms with Crippen molar-refractivity contribution in [3.05, 3.63) is 17.4 Å². The first-order valence-corrected chi connectivity index (χ1v) is 6.34. The third kappa shape index (κ3) is 1.96. The van der Waals surface area contributed by atoms with Crippen molar-refractivity contribution in [1.29, 1.82) is 0 Å². The largest absolute Gasteiger partial charge is 0.381 e. The van der Waals surface area contributed by atoms with Crippen molar-refractivity contribution < 1.29 is 4.74 Å². The van der Waals surface area contributed by atoms with Gasteiger partial charge in [-0.2, -0.15) is 0 Å². The summed E-state index contributed by atoms with van der Waals surface area (Å²) in [6.07, 6.45) is 4.04. The second-order valence-electron chi connectivity index (χ2n) is 4.65. The molecule has 1 aromatic rings. The fourth-order valence-corrected chi connectivity index (χ4v) is 2.78. The van der Waals surface area contributed by atoms with Crippen LogP contribution >= 0.6 is 11.6 Å². The molecule has 1 fully saturated rings. The van der Waals surface area contributed by atoms with Crippen LogP contribution in [0.5, 0.6) is 0 Å². The number of fused-ring (bicyclic) bond motifs is 1. The molecule has 0 aliphatic carbocycles. The van der Waals surface area contributed by atoms with Crippen LogP contribution in [0.3, 0.4) is 0 Å². The van der Waals surface area contributed by atoms with E-state index in [0.717, 1.165) is 32.7 Å². The molecule has 2 aliphatic heterocycles. The molecule has 5 heteroatoms. The van der Waals surface area contributed by atoms with Crippen LogP contribution in [-0.2, 0) is 4.74 Å². The quantitative estimate of drug-likeness (QED) is 0.717. The van der Waals surface area contributed by atoms with Gasteiger partial charge in [-0.15, -0.1) is 0 Å². The number of nitrogens with zero attached hydrogens (tertiary/aromatic N) is 3. The number of hydrogen-bond acceptors (Lipinski definition) is 4. The highest BCUT2D eigenvalue weighted by atomic mass is 35.5. The fourth-order valence-electron chi connectivity index (χ4n) is 2.63. The Morgan fingerprint density at radius 1 is 1.35 bits per heavy atom. The van der Waals surface area contributed by atoms with Gasteiger partial charge in [0.05, 0.1) is 24.2 Å². The average molecular weight is 254 g/mol. The van der Waals surface area contributed by atoms with Gasteiger partial charge in [0, 0.05) is 32.4 Å². The van der Waals surface area contributed by atoms with Crippen LogP contribution in [0.25, 0.3) is 0 Å². The van der Waals surface area contributed by atoms with E-state index in [1.807, 2.05) is 12.3 Å². The van der Waals surface area contributed by atoms with E-state index < -0.39 is 0 Å². The molecule has 0 radical (unpaired) electrons. The fraction of sp³-hybridized carbons (Fsp3) is 0.583. The van der Waals surface area contributed by atoms with Crippen LogP contribution in [-0.4, -0.2) is 38.0 Å². The third-order valence-corrected chi connectivity index (χ3v) is 3.75. The van der Waals surface area contributed by atoms with Gasteiger partial charge in [0.2, 0.25) is 0 Å². The molecule has 0 atom stereocenters. The van der Waals surface area contributed by atoms with Gasteiger partial charge in [0.15, 0.2) is 0 Å². The van der Waals surface area contributed by atoms with Crippen LogP contribution in [0, 0.1) is 0 Å². The number of anilines is 2. The topological polar surface area (TPSA) is 28.6 Å². The predicted octanol–water partition coefficient (Wildman–Crippen LogP) is 2.13. The van der Waals surface area contributed by atoms with Crippen molar-refractivity contribution in [1.82, 2.24) is 4.98 Å². The maximum absolute atomic E-state index is 5.99. The van der Waals surface area contributed by atoms with Crippen molar-refractivity contribution in [2.75, 3.05) is 36.7 Å². The molecular weight excluding hydrogens is 238 g/mol. The van der Waals surface area contributed by atoms with Crippen molar-refractivity contribution in [2.24, 2.45) is 0 Å². The molecule has 1 aromatic heterocycles. The van der Waals surface area contributed by atoms with Crippen molar-refractivity contribution in [2.45, 2.75) is 18.9 Å². The Kier molecular flexibility index (Phi) is 2.84. The molecular formula is C12H16ClN3O. The van der Waals surface area contributed by atoms with E-state index in [4.69, 9.17) is 16.3 Å². The lowest BCUT2D eigenvalue weighted by molar-refractivity contribution is 0.0848. The Labute approximate surface area is 106 Å². The molecule has 4 nitrogen and oxygen atoms in total. The van der Waals surface area contributed by atoms with Crippen LogP contribution in [0.2, 0.25) is 5.15 Å². The first-order chi connectivity index (χ1) is 8.25. The summed E-state index contributed by atoms with van der Waals surface area (Å²) in [5.41, 5.74) is 2.38. The van der Waals surface area contributed by atoms with E-state index in [9.17, 15) is 0 Å². The van der Waals surface area contributed by atoms with Gasteiger partial charge in [0.25, 0.3) is 0 Å². The Bertz CT molecular complexity index is 420. The van der Waals surface area contributed by atoms with E-state index in [2.05, 4.69) is 21.8 Å². The number of rotatable bonds is 1. The summed E-state index contributed by atoms with van der Waals surface area (Å²) in [4.78, 5) is 8.79. The summed E-state index contributed by atoms with van der Waals surface area (Å²) in [6, 6.07) is 2.53. The number of hydrogen-bond donors (Lipinski definition) is 0. The maximum atomic E-state index is 5.99. The van der Waals surface area contributed by atoms with E-state index in [1.165, 1.54) is 11.4 Å². The molecule has 0 aromatic carbocycles. The van der Waals surface area contributed by atoms with Crippen LogP contribution in [0.1, 0.15) is 12.8 Å². The molecule has 1 saturated heterocycles. The van der Waals surface area contributed by atoms with Crippen molar-refractivity contribution >= 4 is 23.0 Å². The first-order valence-electron chi connectivity index (χ1n) is 5.97. The predicted molar refractivity (Wildman–Crippen MR) is 68.8 cm³/mol. The Morgan fingerprint density at radius 2 is 2.12 bits per heavy atom. The maximum Gasteiger partial charge on any atom is 0.131 e. The molecule has 0 saturated carbocycles. The molecule has 0 amide bonds. The van der Waals surface area contributed by atoms with E-state index in [1.54, 1.807) is 0 Å². The van der Waals surface area contributed by atoms with E-state index >= 15 is 0 Å².